The maximum atomic E-state index is 7.50. The standard InChI is InChI=1S/C14H21N3O/c1-10-8-11(4-5-12(10)13(15)16)17-6-7-18-14(2,3)9-17/h4-5,8H,6-7,9H2,1-3H3,(H3,15,16). The molecule has 98 valence electrons. The Morgan fingerprint density at radius 3 is 2.72 bits per heavy atom. The third-order valence-electron chi connectivity index (χ3n) is 3.29. The molecule has 4 nitrogen and oxygen atoms in total. The van der Waals surface area contributed by atoms with Gasteiger partial charge < -0.3 is 15.4 Å². The molecule has 1 saturated heterocycles. The van der Waals surface area contributed by atoms with Crippen LogP contribution in [0.4, 0.5) is 5.69 Å². The van der Waals surface area contributed by atoms with E-state index in [0.29, 0.717) is 0 Å². The summed E-state index contributed by atoms with van der Waals surface area (Å²) in [5.74, 6) is 0.126. The van der Waals surface area contributed by atoms with Gasteiger partial charge in [0.05, 0.1) is 12.2 Å². The van der Waals surface area contributed by atoms with E-state index < -0.39 is 0 Å². The van der Waals surface area contributed by atoms with Crippen LogP contribution in [0.3, 0.4) is 0 Å². The van der Waals surface area contributed by atoms with Crippen LogP contribution in [-0.2, 0) is 4.74 Å². The summed E-state index contributed by atoms with van der Waals surface area (Å²) >= 11 is 0. The molecule has 0 aliphatic carbocycles. The summed E-state index contributed by atoms with van der Waals surface area (Å²) in [7, 11) is 0. The molecule has 4 heteroatoms. The molecule has 1 aliphatic rings. The number of rotatable bonds is 2. The third-order valence-corrected chi connectivity index (χ3v) is 3.29. The molecule has 1 aromatic carbocycles. The predicted molar refractivity (Wildman–Crippen MR) is 74.4 cm³/mol. The van der Waals surface area contributed by atoms with Gasteiger partial charge >= 0.3 is 0 Å². The van der Waals surface area contributed by atoms with E-state index >= 15 is 0 Å². The minimum absolute atomic E-state index is 0.106. The Bertz CT molecular complexity index is 468. The highest BCUT2D eigenvalue weighted by molar-refractivity contribution is 5.96. The fourth-order valence-corrected chi connectivity index (χ4v) is 2.38. The molecule has 1 heterocycles. The molecule has 18 heavy (non-hydrogen) atoms. The van der Waals surface area contributed by atoms with Crippen molar-refractivity contribution < 1.29 is 4.74 Å². The van der Waals surface area contributed by atoms with Gasteiger partial charge in [0.15, 0.2) is 0 Å². The van der Waals surface area contributed by atoms with Crippen molar-refractivity contribution in [3.05, 3.63) is 29.3 Å². The summed E-state index contributed by atoms with van der Waals surface area (Å²) in [5, 5.41) is 7.50. The molecule has 0 amide bonds. The lowest BCUT2D eigenvalue weighted by Gasteiger charge is -2.39. The number of nitrogen functional groups attached to an aromatic ring is 1. The molecule has 0 bridgehead atoms. The molecule has 2 rings (SSSR count). The zero-order chi connectivity index (χ0) is 13.3. The molecule has 0 radical (unpaired) electrons. The van der Waals surface area contributed by atoms with Crippen LogP contribution in [0.25, 0.3) is 0 Å². The highest BCUT2D eigenvalue weighted by Gasteiger charge is 2.27. The van der Waals surface area contributed by atoms with Gasteiger partial charge in [-0.1, -0.05) is 0 Å². The topological polar surface area (TPSA) is 62.3 Å². The Morgan fingerprint density at radius 1 is 1.44 bits per heavy atom. The number of amidine groups is 1. The van der Waals surface area contributed by atoms with Gasteiger partial charge in [-0.3, -0.25) is 5.41 Å². The summed E-state index contributed by atoms with van der Waals surface area (Å²) in [4.78, 5) is 2.32. The van der Waals surface area contributed by atoms with Crippen LogP contribution in [0.15, 0.2) is 18.2 Å². The number of hydrogen-bond donors (Lipinski definition) is 2. The number of nitrogens with two attached hydrogens (primary N) is 1. The van der Waals surface area contributed by atoms with Crippen molar-refractivity contribution in [1.82, 2.24) is 0 Å². The van der Waals surface area contributed by atoms with Gasteiger partial charge in [0.25, 0.3) is 0 Å². The smallest absolute Gasteiger partial charge is 0.123 e. The Labute approximate surface area is 108 Å². The molecule has 1 fully saturated rings. The van der Waals surface area contributed by atoms with Gasteiger partial charge in [0.1, 0.15) is 5.84 Å². The van der Waals surface area contributed by atoms with Crippen LogP contribution in [0.1, 0.15) is 25.0 Å². The second kappa shape index (κ2) is 4.61. The van der Waals surface area contributed by atoms with Gasteiger partial charge in [0.2, 0.25) is 0 Å². The van der Waals surface area contributed by atoms with E-state index in [4.69, 9.17) is 15.9 Å². The molecule has 0 atom stereocenters. The first-order valence-corrected chi connectivity index (χ1v) is 6.23. The number of ether oxygens (including phenoxy) is 1. The van der Waals surface area contributed by atoms with E-state index in [1.807, 2.05) is 19.1 Å². The second-order valence-electron chi connectivity index (χ2n) is 5.44. The van der Waals surface area contributed by atoms with Gasteiger partial charge in [-0.25, -0.2) is 0 Å². The lowest BCUT2D eigenvalue weighted by molar-refractivity contribution is -0.0276. The summed E-state index contributed by atoms with van der Waals surface area (Å²) in [6.45, 7) is 8.74. The van der Waals surface area contributed by atoms with Crippen LogP contribution in [0.2, 0.25) is 0 Å². The molecule has 0 saturated carbocycles. The number of nitrogens with zero attached hydrogens (tertiary/aromatic N) is 1. The summed E-state index contributed by atoms with van der Waals surface area (Å²) < 4.78 is 5.71. The largest absolute Gasteiger partial charge is 0.384 e. The highest BCUT2D eigenvalue weighted by Crippen LogP contribution is 2.24. The maximum Gasteiger partial charge on any atom is 0.123 e. The molecule has 1 aliphatic heterocycles. The van der Waals surface area contributed by atoms with Gasteiger partial charge in [-0.05, 0) is 44.5 Å². The predicted octanol–water partition coefficient (Wildman–Crippen LogP) is 1.89. The van der Waals surface area contributed by atoms with Crippen molar-refractivity contribution in [2.24, 2.45) is 5.73 Å². The molecule has 0 unspecified atom stereocenters. The van der Waals surface area contributed by atoms with E-state index in [2.05, 4.69) is 24.8 Å². The van der Waals surface area contributed by atoms with E-state index in [1.54, 1.807) is 0 Å². The Hall–Kier alpha value is -1.55. The van der Waals surface area contributed by atoms with E-state index in [1.165, 1.54) is 5.69 Å². The number of benzene rings is 1. The Balaban J connectivity index is 2.24. The summed E-state index contributed by atoms with van der Waals surface area (Å²) in [6.07, 6.45) is 0. The monoisotopic (exact) mass is 247 g/mol. The number of nitrogens with one attached hydrogen (secondary N) is 1. The normalized spacial score (nSPS) is 18.7. The Morgan fingerprint density at radius 2 is 2.17 bits per heavy atom. The van der Waals surface area contributed by atoms with Crippen molar-refractivity contribution in [3.63, 3.8) is 0 Å². The molecule has 1 aromatic rings. The highest BCUT2D eigenvalue weighted by atomic mass is 16.5. The molecule has 0 aromatic heterocycles. The summed E-state index contributed by atoms with van der Waals surface area (Å²) in [6, 6.07) is 6.05. The van der Waals surface area contributed by atoms with Crippen LogP contribution >= 0.6 is 0 Å². The van der Waals surface area contributed by atoms with E-state index in [9.17, 15) is 0 Å². The van der Waals surface area contributed by atoms with Crippen LogP contribution in [0, 0.1) is 12.3 Å². The average Bonchev–Trinajstić information content (AvgIpc) is 2.27. The van der Waals surface area contributed by atoms with Crippen molar-refractivity contribution >= 4 is 11.5 Å². The number of morpholine rings is 1. The van der Waals surface area contributed by atoms with Crippen molar-refractivity contribution in [2.75, 3.05) is 24.6 Å². The first-order chi connectivity index (χ1) is 8.39. The molecular weight excluding hydrogens is 226 g/mol. The lowest BCUT2D eigenvalue weighted by atomic mass is 10.0. The SMILES string of the molecule is Cc1cc(N2CCOC(C)(C)C2)ccc1C(=N)N. The zero-order valence-corrected chi connectivity index (χ0v) is 11.3. The first kappa shape index (κ1) is 12.9. The quantitative estimate of drug-likeness (QED) is 0.619. The fourth-order valence-electron chi connectivity index (χ4n) is 2.38. The maximum absolute atomic E-state index is 7.50. The molecular formula is C14H21N3O. The minimum atomic E-state index is -0.106. The van der Waals surface area contributed by atoms with Gasteiger partial charge in [-0.2, -0.15) is 0 Å². The van der Waals surface area contributed by atoms with E-state index in [-0.39, 0.29) is 11.4 Å². The molecule has 3 N–H and O–H groups in total. The number of hydrogen-bond acceptors (Lipinski definition) is 3. The minimum Gasteiger partial charge on any atom is -0.384 e. The van der Waals surface area contributed by atoms with Crippen LogP contribution in [-0.4, -0.2) is 31.1 Å². The average molecular weight is 247 g/mol. The van der Waals surface area contributed by atoms with Crippen molar-refractivity contribution in [1.29, 1.82) is 5.41 Å². The fraction of sp³-hybridized carbons (Fsp3) is 0.500. The van der Waals surface area contributed by atoms with E-state index in [0.717, 1.165) is 30.8 Å². The second-order valence-corrected chi connectivity index (χ2v) is 5.44. The number of anilines is 1. The zero-order valence-electron chi connectivity index (χ0n) is 11.3. The van der Waals surface area contributed by atoms with Crippen LogP contribution in [0.5, 0.6) is 0 Å². The third kappa shape index (κ3) is 2.64. The summed E-state index contributed by atoms with van der Waals surface area (Å²) in [5.41, 5.74) is 8.46. The lowest BCUT2D eigenvalue weighted by Crippen LogP contribution is -2.48. The first-order valence-electron chi connectivity index (χ1n) is 6.23. The van der Waals surface area contributed by atoms with Gasteiger partial charge in [0, 0.05) is 24.3 Å². The van der Waals surface area contributed by atoms with Crippen molar-refractivity contribution in [2.45, 2.75) is 26.4 Å². The Kier molecular flexibility index (Phi) is 3.30. The van der Waals surface area contributed by atoms with Crippen LogP contribution < -0.4 is 10.6 Å². The molecule has 0 spiro atoms. The number of aryl methyl sites for hydroxylation is 1. The van der Waals surface area contributed by atoms with Crippen molar-refractivity contribution in [3.8, 4) is 0 Å². The van der Waals surface area contributed by atoms with Gasteiger partial charge in [-0.15, -0.1) is 0 Å².